The second kappa shape index (κ2) is 9.24. The Bertz CT molecular complexity index is 1020. The van der Waals surface area contributed by atoms with E-state index in [4.69, 9.17) is 23.2 Å². The fourth-order valence-electron chi connectivity index (χ4n) is 4.14. The largest absolute Gasteiger partial charge is 0.385 e. The van der Waals surface area contributed by atoms with Gasteiger partial charge in [-0.25, -0.2) is 4.79 Å². The van der Waals surface area contributed by atoms with Crippen molar-refractivity contribution < 1.29 is 0 Å². The lowest BCUT2D eigenvalue weighted by atomic mass is 9.89. The number of piperidine rings is 1. The number of anilines is 1. The maximum absolute atomic E-state index is 11.3. The molecule has 3 N–H and O–H groups in total. The van der Waals surface area contributed by atoms with Gasteiger partial charge in [0.2, 0.25) is 0 Å². The molecule has 2 aromatic carbocycles. The second-order valence-electron chi connectivity index (χ2n) is 7.73. The zero-order valence-electron chi connectivity index (χ0n) is 16.3. The molecular weight excluding hydrogens is 407 g/mol. The van der Waals surface area contributed by atoms with Crippen LogP contribution in [0.5, 0.6) is 0 Å². The minimum absolute atomic E-state index is 0.168. The molecule has 29 heavy (non-hydrogen) atoms. The Labute approximate surface area is 180 Å². The number of nitrogens with one attached hydrogen (secondary N) is 3. The molecule has 1 aliphatic heterocycles. The molecule has 1 saturated heterocycles. The third kappa shape index (κ3) is 4.97. The van der Waals surface area contributed by atoms with Gasteiger partial charge in [0.15, 0.2) is 0 Å². The molecule has 0 aliphatic carbocycles. The zero-order chi connectivity index (χ0) is 20.2. The molecule has 1 aromatic heterocycles. The van der Waals surface area contributed by atoms with Crippen LogP contribution in [0.2, 0.25) is 10.0 Å². The third-order valence-corrected chi connectivity index (χ3v) is 6.59. The van der Waals surface area contributed by atoms with E-state index in [0.29, 0.717) is 10.9 Å². The van der Waals surface area contributed by atoms with Crippen LogP contribution in [0.4, 0.5) is 5.69 Å². The molecule has 1 fully saturated rings. The summed E-state index contributed by atoms with van der Waals surface area (Å²) in [4.78, 5) is 19.4. The van der Waals surface area contributed by atoms with Crippen molar-refractivity contribution in [1.29, 1.82) is 0 Å². The molecule has 0 spiro atoms. The van der Waals surface area contributed by atoms with Gasteiger partial charge < -0.3 is 20.2 Å². The predicted octanol–water partition coefficient (Wildman–Crippen LogP) is 5.23. The van der Waals surface area contributed by atoms with Gasteiger partial charge in [0.25, 0.3) is 0 Å². The van der Waals surface area contributed by atoms with E-state index in [2.05, 4.69) is 26.3 Å². The number of aromatic nitrogens is 2. The van der Waals surface area contributed by atoms with Gasteiger partial charge in [0, 0.05) is 12.2 Å². The standard InChI is InChI=1S/C22H26Cl2N4O/c23-18-5-3-4-17(21(18)24)15-8-12-28(13-9-15)11-2-1-10-25-16-6-7-19-20(14-16)27-22(29)26-19/h3-7,14-15,25H,1-2,8-13H2,(H2,26,27,29). The number of halogens is 2. The van der Waals surface area contributed by atoms with Crippen molar-refractivity contribution in [1.82, 2.24) is 14.9 Å². The van der Waals surface area contributed by atoms with Crippen LogP contribution in [-0.2, 0) is 0 Å². The number of hydrogen-bond acceptors (Lipinski definition) is 3. The molecule has 5 nitrogen and oxygen atoms in total. The molecule has 154 valence electrons. The van der Waals surface area contributed by atoms with Crippen LogP contribution in [0, 0.1) is 0 Å². The van der Waals surface area contributed by atoms with Crippen LogP contribution in [0.1, 0.15) is 37.2 Å². The third-order valence-electron chi connectivity index (χ3n) is 5.76. The molecule has 7 heteroatoms. The second-order valence-corrected chi connectivity index (χ2v) is 8.52. The lowest BCUT2D eigenvalue weighted by Gasteiger charge is -2.32. The monoisotopic (exact) mass is 432 g/mol. The summed E-state index contributed by atoms with van der Waals surface area (Å²) >= 11 is 12.6. The van der Waals surface area contributed by atoms with E-state index in [0.717, 1.165) is 67.2 Å². The summed E-state index contributed by atoms with van der Waals surface area (Å²) in [6.07, 6.45) is 4.54. The molecule has 2 heterocycles. The van der Waals surface area contributed by atoms with E-state index in [9.17, 15) is 4.79 Å². The minimum Gasteiger partial charge on any atom is -0.385 e. The summed E-state index contributed by atoms with van der Waals surface area (Å²) in [5.41, 5.74) is 3.74. The summed E-state index contributed by atoms with van der Waals surface area (Å²) in [6.45, 7) is 4.27. The van der Waals surface area contributed by atoms with Gasteiger partial charge in [-0.15, -0.1) is 0 Å². The average molecular weight is 433 g/mol. The number of fused-ring (bicyclic) bond motifs is 1. The average Bonchev–Trinajstić information content (AvgIpc) is 3.10. The number of benzene rings is 2. The van der Waals surface area contributed by atoms with Crippen LogP contribution in [-0.4, -0.2) is 41.0 Å². The first-order valence-electron chi connectivity index (χ1n) is 10.2. The lowest BCUT2D eigenvalue weighted by molar-refractivity contribution is 0.209. The van der Waals surface area contributed by atoms with Gasteiger partial charge in [-0.2, -0.15) is 0 Å². The molecule has 4 rings (SSSR count). The Morgan fingerprint density at radius 2 is 1.83 bits per heavy atom. The molecule has 0 atom stereocenters. The zero-order valence-corrected chi connectivity index (χ0v) is 17.8. The number of imidazole rings is 1. The fraction of sp³-hybridized carbons (Fsp3) is 0.409. The Morgan fingerprint density at radius 1 is 1.03 bits per heavy atom. The van der Waals surface area contributed by atoms with Crippen LogP contribution < -0.4 is 11.0 Å². The highest BCUT2D eigenvalue weighted by atomic mass is 35.5. The van der Waals surface area contributed by atoms with Crippen LogP contribution in [0.25, 0.3) is 11.0 Å². The van der Waals surface area contributed by atoms with Gasteiger partial charge in [-0.05, 0) is 81.1 Å². The van der Waals surface area contributed by atoms with Gasteiger partial charge in [0.1, 0.15) is 0 Å². The molecule has 0 amide bonds. The maximum Gasteiger partial charge on any atom is 0.323 e. The highest BCUT2D eigenvalue weighted by molar-refractivity contribution is 6.42. The topological polar surface area (TPSA) is 63.9 Å². The van der Waals surface area contributed by atoms with Gasteiger partial charge in [0.05, 0.1) is 21.1 Å². The van der Waals surface area contributed by atoms with E-state index in [1.54, 1.807) is 0 Å². The SMILES string of the molecule is O=c1[nH]c2ccc(NCCCCN3CCC(c4cccc(Cl)c4Cl)CC3)cc2[nH]1. The van der Waals surface area contributed by atoms with Crippen molar-refractivity contribution in [3.05, 3.63) is 62.5 Å². The maximum atomic E-state index is 11.3. The van der Waals surface area contributed by atoms with Crippen molar-refractivity contribution in [3.63, 3.8) is 0 Å². The number of unbranched alkanes of at least 4 members (excludes halogenated alkanes) is 1. The number of rotatable bonds is 7. The number of H-pyrrole nitrogens is 2. The highest BCUT2D eigenvalue weighted by Crippen LogP contribution is 2.36. The number of nitrogens with zero attached hydrogens (tertiary/aromatic N) is 1. The molecule has 0 bridgehead atoms. The summed E-state index contributed by atoms with van der Waals surface area (Å²) in [5, 5.41) is 4.82. The number of likely N-dealkylation sites (tertiary alicyclic amines) is 1. The van der Waals surface area contributed by atoms with Gasteiger partial charge in [-0.1, -0.05) is 35.3 Å². The fourth-order valence-corrected chi connectivity index (χ4v) is 4.60. The quantitative estimate of drug-likeness (QED) is 0.447. The Balaban J connectivity index is 1.17. The predicted molar refractivity (Wildman–Crippen MR) is 122 cm³/mol. The van der Waals surface area contributed by atoms with Crippen molar-refractivity contribution in [3.8, 4) is 0 Å². The van der Waals surface area contributed by atoms with E-state index >= 15 is 0 Å². The Hall–Kier alpha value is -1.95. The van der Waals surface area contributed by atoms with Crippen molar-refractivity contribution in [2.45, 2.75) is 31.6 Å². The molecule has 0 unspecified atom stereocenters. The van der Waals surface area contributed by atoms with E-state index in [-0.39, 0.29) is 5.69 Å². The Morgan fingerprint density at radius 3 is 2.66 bits per heavy atom. The molecule has 1 aliphatic rings. The summed E-state index contributed by atoms with van der Waals surface area (Å²) in [6, 6.07) is 11.9. The molecule has 3 aromatic rings. The molecule has 0 radical (unpaired) electrons. The highest BCUT2D eigenvalue weighted by Gasteiger charge is 2.22. The van der Waals surface area contributed by atoms with E-state index in [1.807, 2.05) is 30.3 Å². The smallest absolute Gasteiger partial charge is 0.323 e. The van der Waals surface area contributed by atoms with Crippen LogP contribution in [0.3, 0.4) is 0 Å². The summed E-state index contributed by atoms with van der Waals surface area (Å²) < 4.78 is 0. The summed E-state index contributed by atoms with van der Waals surface area (Å²) in [7, 11) is 0. The summed E-state index contributed by atoms with van der Waals surface area (Å²) in [5.74, 6) is 0.508. The van der Waals surface area contributed by atoms with Crippen molar-refractivity contribution >= 4 is 39.9 Å². The minimum atomic E-state index is -0.168. The molecule has 0 saturated carbocycles. The van der Waals surface area contributed by atoms with E-state index in [1.165, 1.54) is 12.0 Å². The number of aromatic amines is 2. The lowest BCUT2D eigenvalue weighted by Crippen LogP contribution is -2.33. The number of hydrogen-bond donors (Lipinski definition) is 3. The first-order valence-corrected chi connectivity index (χ1v) is 11.0. The van der Waals surface area contributed by atoms with E-state index < -0.39 is 0 Å². The van der Waals surface area contributed by atoms with Gasteiger partial charge >= 0.3 is 5.69 Å². The van der Waals surface area contributed by atoms with Crippen molar-refractivity contribution in [2.75, 3.05) is 31.5 Å². The van der Waals surface area contributed by atoms with Crippen LogP contribution >= 0.6 is 23.2 Å². The van der Waals surface area contributed by atoms with Gasteiger partial charge in [-0.3, -0.25) is 0 Å². The first kappa shape index (κ1) is 20.3. The van der Waals surface area contributed by atoms with Crippen molar-refractivity contribution in [2.24, 2.45) is 0 Å². The first-order chi connectivity index (χ1) is 14.1. The molecular formula is C22H26Cl2N4O. The Kier molecular flexibility index (Phi) is 6.48. The normalized spacial score (nSPS) is 15.8. The van der Waals surface area contributed by atoms with Crippen LogP contribution in [0.15, 0.2) is 41.2 Å².